The average Bonchev–Trinajstić information content (AvgIpc) is 2.78. The first-order valence-corrected chi connectivity index (χ1v) is 11.2. The molecule has 3 aromatic rings. The summed E-state index contributed by atoms with van der Waals surface area (Å²) in [6.45, 7) is 0.881. The maximum atomic E-state index is 12.8. The van der Waals surface area contributed by atoms with E-state index in [1.54, 1.807) is 0 Å². The Kier molecular flexibility index (Phi) is 6.31. The Labute approximate surface area is 181 Å². The van der Waals surface area contributed by atoms with Gasteiger partial charge in [0.15, 0.2) is 6.61 Å². The second-order valence-electron chi connectivity index (χ2n) is 7.07. The molecular formula is C23H22N2O5S. The lowest BCUT2D eigenvalue weighted by Gasteiger charge is -2.18. The number of carbonyl (C=O) groups is 1. The number of rotatable bonds is 8. The van der Waals surface area contributed by atoms with E-state index in [-0.39, 0.29) is 24.0 Å². The minimum atomic E-state index is -3.79. The van der Waals surface area contributed by atoms with Crippen LogP contribution in [-0.2, 0) is 39.3 Å². The number of fused-ring (bicyclic) bond motifs is 1. The number of hydrogen-bond donors (Lipinski definition) is 2. The van der Waals surface area contributed by atoms with Crippen molar-refractivity contribution in [3.63, 3.8) is 0 Å². The number of anilines is 1. The lowest BCUT2D eigenvalue weighted by molar-refractivity contribution is -0.118. The molecular weight excluding hydrogens is 416 g/mol. The third-order valence-corrected chi connectivity index (χ3v) is 6.23. The van der Waals surface area contributed by atoms with Crippen LogP contribution in [0.5, 0.6) is 5.75 Å². The normalized spacial score (nSPS) is 13.2. The van der Waals surface area contributed by atoms with Crippen molar-refractivity contribution in [1.82, 2.24) is 4.72 Å². The molecule has 0 atom stereocenters. The summed E-state index contributed by atoms with van der Waals surface area (Å²) in [6, 6.07) is 21.8. The van der Waals surface area contributed by atoms with Crippen LogP contribution < -0.4 is 14.8 Å². The number of nitrogens with one attached hydrogen (secondary N) is 2. The van der Waals surface area contributed by atoms with Crippen molar-refractivity contribution in [3.05, 3.63) is 89.5 Å². The number of ether oxygens (including phenoxy) is 2. The summed E-state index contributed by atoms with van der Waals surface area (Å²) in [7, 11) is -3.79. The molecule has 1 heterocycles. The third-order valence-electron chi connectivity index (χ3n) is 4.83. The van der Waals surface area contributed by atoms with Crippen LogP contribution in [0.15, 0.2) is 77.7 Å². The van der Waals surface area contributed by atoms with Gasteiger partial charge in [0.25, 0.3) is 5.91 Å². The Bertz CT molecular complexity index is 1180. The number of hydrogen-bond acceptors (Lipinski definition) is 5. The van der Waals surface area contributed by atoms with Crippen LogP contribution in [0.3, 0.4) is 0 Å². The highest BCUT2D eigenvalue weighted by Crippen LogP contribution is 2.30. The van der Waals surface area contributed by atoms with E-state index in [1.165, 1.54) is 18.2 Å². The number of carbonyl (C=O) groups excluding carboxylic acids is 1. The standard InChI is InChI=1S/C23H22N2O5S/c26-23-16-30-22-11-10-20(12-21(22)25-23)31(27,28)24-13-18-8-4-5-9-19(18)15-29-14-17-6-2-1-3-7-17/h1-12,24H,13-16H2,(H,25,26). The van der Waals surface area contributed by atoms with E-state index in [9.17, 15) is 13.2 Å². The largest absolute Gasteiger partial charge is 0.482 e. The molecule has 0 aliphatic carbocycles. The summed E-state index contributed by atoms with van der Waals surface area (Å²) in [5.74, 6) is 0.124. The lowest BCUT2D eigenvalue weighted by Crippen LogP contribution is -2.27. The van der Waals surface area contributed by atoms with Gasteiger partial charge in [0.1, 0.15) is 5.75 Å². The molecule has 0 saturated carbocycles. The SMILES string of the molecule is O=C1COc2ccc(S(=O)(=O)NCc3ccccc3COCc3ccccc3)cc2N1. The summed E-state index contributed by atoms with van der Waals surface area (Å²) in [5.41, 5.74) is 3.15. The second-order valence-corrected chi connectivity index (χ2v) is 8.83. The Morgan fingerprint density at radius 1 is 0.935 bits per heavy atom. The van der Waals surface area contributed by atoms with Crippen LogP contribution >= 0.6 is 0 Å². The van der Waals surface area contributed by atoms with Crippen molar-refractivity contribution in [1.29, 1.82) is 0 Å². The first kappa shape index (κ1) is 21.0. The van der Waals surface area contributed by atoms with Crippen molar-refractivity contribution in [2.24, 2.45) is 0 Å². The number of sulfonamides is 1. The summed E-state index contributed by atoms with van der Waals surface area (Å²) in [5, 5.41) is 2.62. The van der Waals surface area contributed by atoms with Gasteiger partial charge in [-0.05, 0) is 34.9 Å². The fourth-order valence-electron chi connectivity index (χ4n) is 3.21. The molecule has 0 spiro atoms. The van der Waals surface area contributed by atoms with Crippen LogP contribution in [0.25, 0.3) is 0 Å². The highest BCUT2D eigenvalue weighted by molar-refractivity contribution is 7.89. The molecule has 2 N–H and O–H groups in total. The van der Waals surface area contributed by atoms with Gasteiger partial charge in [0.05, 0.1) is 23.8 Å². The third kappa shape index (κ3) is 5.29. The molecule has 160 valence electrons. The Hall–Kier alpha value is -3.20. The van der Waals surface area contributed by atoms with Gasteiger partial charge in [-0.15, -0.1) is 0 Å². The Balaban J connectivity index is 1.42. The molecule has 8 heteroatoms. The highest BCUT2D eigenvalue weighted by Gasteiger charge is 2.21. The molecule has 4 rings (SSSR count). The van der Waals surface area contributed by atoms with E-state index in [2.05, 4.69) is 10.0 Å². The number of benzene rings is 3. The molecule has 3 aromatic carbocycles. The van der Waals surface area contributed by atoms with Crippen molar-refractivity contribution < 1.29 is 22.7 Å². The number of amides is 1. The van der Waals surface area contributed by atoms with Crippen molar-refractivity contribution in [3.8, 4) is 5.75 Å². The zero-order chi connectivity index (χ0) is 21.7. The van der Waals surface area contributed by atoms with Crippen LogP contribution in [-0.4, -0.2) is 20.9 Å². The predicted molar refractivity (Wildman–Crippen MR) is 116 cm³/mol. The molecule has 1 aliphatic rings. The van der Waals surface area contributed by atoms with Gasteiger partial charge < -0.3 is 14.8 Å². The smallest absolute Gasteiger partial charge is 0.262 e. The van der Waals surface area contributed by atoms with Crippen molar-refractivity contribution in [2.75, 3.05) is 11.9 Å². The van der Waals surface area contributed by atoms with Gasteiger partial charge in [0.2, 0.25) is 10.0 Å². The van der Waals surface area contributed by atoms with E-state index in [4.69, 9.17) is 9.47 Å². The van der Waals surface area contributed by atoms with Crippen molar-refractivity contribution >= 4 is 21.6 Å². The summed E-state index contributed by atoms with van der Waals surface area (Å²) in [4.78, 5) is 11.5. The Morgan fingerprint density at radius 2 is 1.68 bits per heavy atom. The van der Waals surface area contributed by atoms with Crippen LogP contribution in [0.4, 0.5) is 5.69 Å². The van der Waals surface area contributed by atoms with E-state index >= 15 is 0 Å². The zero-order valence-electron chi connectivity index (χ0n) is 16.7. The van der Waals surface area contributed by atoms with Gasteiger partial charge >= 0.3 is 0 Å². The quantitative estimate of drug-likeness (QED) is 0.563. The molecule has 0 saturated heterocycles. The highest BCUT2D eigenvalue weighted by atomic mass is 32.2. The minimum Gasteiger partial charge on any atom is -0.482 e. The fourth-order valence-corrected chi connectivity index (χ4v) is 4.24. The molecule has 0 aromatic heterocycles. The second kappa shape index (κ2) is 9.30. The molecule has 0 bridgehead atoms. The van der Waals surface area contributed by atoms with E-state index in [0.29, 0.717) is 24.7 Å². The van der Waals surface area contributed by atoms with E-state index in [1.807, 2.05) is 54.6 Å². The molecule has 0 unspecified atom stereocenters. The molecule has 7 nitrogen and oxygen atoms in total. The molecule has 1 amide bonds. The van der Waals surface area contributed by atoms with Gasteiger partial charge in [-0.3, -0.25) is 4.79 Å². The van der Waals surface area contributed by atoms with Crippen molar-refractivity contribution in [2.45, 2.75) is 24.7 Å². The van der Waals surface area contributed by atoms with E-state index in [0.717, 1.165) is 16.7 Å². The summed E-state index contributed by atoms with van der Waals surface area (Å²) < 4.78 is 39.3. The Morgan fingerprint density at radius 3 is 2.48 bits per heavy atom. The molecule has 31 heavy (non-hydrogen) atoms. The lowest BCUT2D eigenvalue weighted by atomic mass is 10.1. The van der Waals surface area contributed by atoms with E-state index < -0.39 is 10.0 Å². The first-order valence-electron chi connectivity index (χ1n) is 9.76. The average molecular weight is 439 g/mol. The zero-order valence-corrected chi connectivity index (χ0v) is 17.5. The summed E-state index contributed by atoms with van der Waals surface area (Å²) >= 11 is 0. The minimum absolute atomic E-state index is 0.0508. The predicted octanol–water partition coefficient (Wildman–Crippen LogP) is 3.21. The van der Waals surface area contributed by atoms with Crippen LogP contribution in [0, 0.1) is 0 Å². The maximum absolute atomic E-state index is 12.8. The van der Waals surface area contributed by atoms with Gasteiger partial charge in [0, 0.05) is 6.54 Å². The molecule has 1 aliphatic heterocycles. The topological polar surface area (TPSA) is 93.7 Å². The first-order chi connectivity index (χ1) is 15.0. The summed E-state index contributed by atoms with van der Waals surface area (Å²) in [6.07, 6.45) is 0. The molecule has 0 radical (unpaired) electrons. The molecule has 0 fully saturated rings. The van der Waals surface area contributed by atoms with Gasteiger partial charge in [-0.25, -0.2) is 13.1 Å². The van der Waals surface area contributed by atoms with Gasteiger partial charge in [-0.2, -0.15) is 0 Å². The van der Waals surface area contributed by atoms with Gasteiger partial charge in [-0.1, -0.05) is 54.6 Å². The monoisotopic (exact) mass is 438 g/mol. The fraction of sp³-hybridized carbons (Fsp3) is 0.174. The maximum Gasteiger partial charge on any atom is 0.262 e. The van der Waals surface area contributed by atoms with Crippen LogP contribution in [0.2, 0.25) is 0 Å². The van der Waals surface area contributed by atoms with Crippen LogP contribution in [0.1, 0.15) is 16.7 Å².